The van der Waals surface area contributed by atoms with Crippen LogP contribution in [-0.4, -0.2) is 21.7 Å². The second-order valence-electron chi connectivity index (χ2n) is 2.57. The van der Waals surface area contributed by atoms with Crippen LogP contribution in [0.15, 0.2) is 15.9 Å². The number of nitrogens with zero attached hydrogens (tertiary/aromatic N) is 1. The lowest BCUT2D eigenvalue weighted by molar-refractivity contribution is -0.122. The fourth-order valence-corrected chi connectivity index (χ4v) is 1.84. The van der Waals surface area contributed by atoms with E-state index >= 15 is 0 Å². The van der Waals surface area contributed by atoms with Crippen molar-refractivity contribution in [3.63, 3.8) is 0 Å². The highest BCUT2D eigenvalue weighted by molar-refractivity contribution is 9.09. The summed E-state index contributed by atoms with van der Waals surface area (Å²) in [4.78, 5) is 2.34. The maximum absolute atomic E-state index is 12.0. The summed E-state index contributed by atoms with van der Waals surface area (Å²) >= 11 is 3.48. The smallest absolute Gasteiger partial charge is 0.402 e. The normalized spacial score (nSPS) is 14.4. The summed E-state index contributed by atoms with van der Waals surface area (Å²) in [7, 11) is 0. The van der Waals surface area contributed by atoms with Gasteiger partial charge in [-0.25, -0.2) is 4.98 Å². The van der Waals surface area contributed by atoms with Gasteiger partial charge in [-0.3, -0.25) is 0 Å². The molecule has 1 atom stereocenters. The van der Waals surface area contributed by atoms with Crippen molar-refractivity contribution in [3.05, 3.63) is 12.0 Å². The number of aromatic nitrogens is 1. The van der Waals surface area contributed by atoms with E-state index in [1.54, 1.807) is 6.92 Å². The summed E-state index contributed by atoms with van der Waals surface area (Å²) < 4.78 is 41.0. The first-order valence-corrected chi connectivity index (χ1v) is 5.55. The molecule has 0 aliphatic heterocycles. The van der Waals surface area contributed by atoms with Gasteiger partial charge in [0.1, 0.15) is 11.1 Å². The topological polar surface area (TPSA) is 26.0 Å². The van der Waals surface area contributed by atoms with Crippen molar-refractivity contribution in [2.45, 2.75) is 23.1 Å². The van der Waals surface area contributed by atoms with Crippen LogP contribution in [0.3, 0.4) is 0 Å². The molecular formula is C7H7BrF3NOS. The Morgan fingerprint density at radius 2 is 2.29 bits per heavy atom. The Balaban J connectivity index is 2.41. The molecule has 1 heterocycles. The number of rotatable bonds is 3. The SMILES string of the molecule is Cc1coc(SCC(Br)C(F)(F)F)n1. The second-order valence-corrected chi connectivity index (χ2v) is 4.65. The van der Waals surface area contributed by atoms with Crippen LogP contribution in [0, 0.1) is 6.92 Å². The first-order valence-electron chi connectivity index (χ1n) is 3.65. The molecule has 0 bridgehead atoms. The first kappa shape index (κ1) is 11.9. The Morgan fingerprint density at radius 1 is 1.64 bits per heavy atom. The van der Waals surface area contributed by atoms with E-state index in [0.717, 1.165) is 11.8 Å². The zero-order chi connectivity index (χ0) is 10.8. The summed E-state index contributed by atoms with van der Waals surface area (Å²) in [6.45, 7) is 1.71. The molecule has 0 saturated carbocycles. The molecule has 0 aliphatic rings. The summed E-state index contributed by atoms with van der Waals surface area (Å²) in [5, 5.41) is 0.260. The highest BCUT2D eigenvalue weighted by atomic mass is 79.9. The van der Waals surface area contributed by atoms with Crippen LogP contribution >= 0.6 is 27.7 Å². The zero-order valence-corrected chi connectivity index (χ0v) is 9.54. The van der Waals surface area contributed by atoms with E-state index in [0.29, 0.717) is 5.69 Å². The number of halogens is 4. The van der Waals surface area contributed by atoms with E-state index in [1.807, 2.05) is 0 Å². The van der Waals surface area contributed by atoms with Crippen molar-refractivity contribution in [1.29, 1.82) is 0 Å². The van der Waals surface area contributed by atoms with Crippen LogP contribution < -0.4 is 0 Å². The minimum atomic E-state index is -4.23. The molecule has 0 aliphatic carbocycles. The second kappa shape index (κ2) is 4.57. The van der Waals surface area contributed by atoms with Crippen LogP contribution in [0.1, 0.15) is 5.69 Å². The van der Waals surface area contributed by atoms with Crippen LogP contribution in [-0.2, 0) is 0 Å². The van der Waals surface area contributed by atoms with E-state index in [-0.39, 0.29) is 11.0 Å². The molecule has 1 aromatic heterocycles. The quantitative estimate of drug-likeness (QED) is 0.630. The van der Waals surface area contributed by atoms with Crippen molar-refractivity contribution in [3.8, 4) is 0 Å². The molecule has 1 unspecified atom stereocenters. The monoisotopic (exact) mass is 289 g/mol. The molecular weight excluding hydrogens is 283 g/mol. The number of hydrogen-bond acceptors (Lipinski definition) is 3. The standard InChI is InChI=1S/C7H7BrF3NOS/c1-4-2-13-6(12-4)14-3-5(8)7(9,10)11/h2,5H,3H2,1H3. The molecule has 0 spiro atoms. The van der Waals surface area contributed by atoms with Crippen LogP contribution in [0.4, 0.5) is 13.2 Å². The first-order chi connectivity index (χ1) is 6.39. The van der Waals surface area contributed by atoms with Crippen molar-refractivity contribution in [2.24, 2.45) is 0 Å². The fraction of sp³-hybridized carbons (Fsp3) is 0.571. The summed E-state index contributed by atoms with van der Waals surface area (Å²) in [5.41, 5.74) is 0.658. The molecule has 1 aromatic rings. The summed E-state index contributed by atoms with van der Waals surface area (Å²) in [6, 6.07) is 0. The molecule has 0 saturated heterocycles. The van der Waals surface area contributed by atoms with Crippen LogP contribution in [0.2, 0.25) is 0 Å². The summed E-state index contributed by atoms with van der Waals surface area (Å²) in [6.07, 6.45) is -2.83. The molecule has 2 nitrogen and oxygen atoms in total. The van der Waals surface area contributed by atoms with Gasteiger partial charge in [-0.15, -0.1) is 0 Å². The third-order valence-corrected chi connectivity index (χ3v) is 3.51. The number of aryl methyl sites for hydroxylation is 1. The van der Waals surface area contributed by atoms with Gasteiger partial charge in [0, 0.05) is 5.75 Å². The van der Waals surface area contributed by atoms with Gasteiger partial charge in [0.2, 0.25) is 0 Å². The maximum Gasteiger partial charge on any atom is 0.402 e. The van der Waals surface area contributed by atoms with Crippen molar-refractivity contribution < 1.29 is 17.6 Å². The average molecular weight is 290 g/mol. The third-order valence-electron chi connectivity index (χ3n) is 1.31. The van der Waals surface area contributed by atoms with Gasteiger partial charge in [-0.2, -0.15) is 13.2 Å². The molecule has 7 heteroatoms. The fourth-order valence-electron chi connectivity index (χ4n) is 0.638. The van der Waals surface area contributed by atoms with Gasteiger partial charge in [-0.05, 0) is 6.92 Å². The predicted molar refractivity (Wildman–Crippen MR) is 50.7 cm³/mol. The lowest BCUT2D eigenvalue weighted by Gasteiger charge is -2.11. The number of alkyl halides is 4. The predicted octanol–water partition coefficient (Wildman–Crippen LogP) is 3.40. The van der Waals surface area contributed by atoms with Gasteiger partial charge in [-0.1, -0.05) is 27.7 Å². The van der Waals surface area contributed by atoms with Crippen LogP contribution in [0.5, 0.6) is 0 Å². The van der Waals surface area contributed by atoms with Crippen LogP contribution in [0.25, 0.3) is 0 Å². The largest absolute Gasteiger partial charge is 0.440 e. The Kier molecular flexibility index (Phi) is 3.88. The Morgan fingerprint density at radius 3 is 2.71 bits per heavy atom. The lowest BCUT2D eigenvalue weighted by Crippen LogP contribution is -2.24. The number of oxazole rings is 1. The van der Waals surface area contributed by atoms with Crippen molar-refractivity contribution in [1.82, 2.24) is 4.98 Å². The summed E-state index contributed by atoms with van der Waals surface area (Å²) in [5.74, 6) is -0.149. The Hall–Kier alpha value is -0.170. The molecule has 14 heavy (non-hydrogen) atoms. The van der Waals surface area contributed by atoms with Gasteiger partial charge in [0.25, 0.3) is 5.22 Å². The van der Waals surface area contributed by atoms with Gasteiger partial charge in [0.15, 0.2) is 0 Å². The Bertz CT molecular complexity index is 301. The van der Waals surface area contributed by atoms with Crippen molar-refractivity contribution >= 4 is 27.7 Å². The molecule has 1 rings (SSSR count). The maximum atomic E-state index is 12.0. The number of hydrogen-bond donors (Lipinski definition) is 0. The van der Waals surface area contributed by atoms with E-state index in [1.165, 1.54) is 6.26 Å². The molecule has 0 radical (unpaired) electrons. The lowest BCUT2D eigenvalue weighted by atomic mass is 10.5. The van der Waals surface area contributed by atoms with E-state index in [4.69, 9.17) is 4.42 Å². The van der Waals surface area contributed by atoms with Gasteiger partial charge in [0.05, 0.1) is 5.69 Å². The van der Waals surface area contributed by atoms with E-state index in [9.17, 15) is 13.2 Å². The highest BCUT2D eigenvalue weighted by Gasteiger charge is 2.37. The van der Waals surface area contributed by atoms with E-state index < -0.39 is 11.0 Å². The third kappa shape index (κ3) is 3.53. The minimum Gasteiger partial charge on any atom is -0.440 e. The zero-order valence-electron chi connectivity index (χ0n) is 7.14. The van der Waals surface area contributed by atoms with E-state index in [2.05, 4.69) is 20.9 Å². The highest BCUT2D eigenvalue weighted by Crippen LogP contribution is 2.31. The molecule has 0 N–H and O–H groups in total. The van der Waals surface area contributed by atoms with Gasteiger partial charge < -0.3 is 4.42 Å². The van der Waals surface area contributed by atoms with Gasteiger partial charge >= 0.3 is 6.18 Å². The Labute approximate surface area is 91.4 Å². The molecule has 0 amide bonds. The average Bonchev–Trinajstić information content (AvgIpc) is 2.45. The molecule has 80 valence electrons. The molecule has 0 fully saturated rings. The van der Waals surface area contributed by atoms with Crippen molar-refractivity contribution in [2.75, 3.05) is 5.75 Å². The number of thioether (sulfide) groups is 1. The minimum absolute atomic E-state index is 0.149. The molecule has 0 aromatic carbocycles.